The molecule has 1 fully saturated rings. The van der Waals surface area contributed by atoms with Gasteiger partial charge in [0, 0.05) is 12.8 Å². The van der Waals surface area contributed by atoms with Gasteiger partial charge in [-0.2, -0.15) is 0 Å². The maximum Gasteiger partial charge on any atom is 0.308 e. The molecular formula is C13H26F2O2. The van der Waals surface area contributed by atoms with E-state index >= 15 is 0 Å². The van der Waals surface area contributed by atoms with E-state index in [9.17, 15) is 13.6 Å². The summed E-state index contributed by atoms with van der Waals surface area (Å²) >= 11 is 0. The fraction of sp³-hybridized carbons (Fsp3) is 0.923. The Hall–Kier alpha value is -0.670. The van der Waals surface area contributed by atoms with Gasteiger partial charge in [0.25, 0.3) is 0 Å². The second-order valence-electron chi connectivity index (χ2n) is 3.83. The van der Waals surface area contributed by atoms with Gasteiger partial charge in [0.05, 0.1) is 13.0 Å². The highest BCUT2D eigenvalue weighted by atomic mass is 19.3. The van der Waals surface area contributed by atoms with E-state index in [1.807, 2.05) is 27.7 Å². The van der Waals surface area contributed by atoms with Gasteiger partial charge in [-0.05, 0) is 12.3 Å². The maximum atomic E-state index is 13.0. The Morgan fingerprint density at radius 1 is 1.18 bits per heavy atom. The largest absolute Gasteiger partial charge is 0.469 e. The van der Waals surface area contributed by atoms with E-state index in [-0.39, 0.29) is 18.8 Å². The van der Waals surface area contributed by atoms with Gasteiger partial charge in [0.15, 0.2) is 0 Å². The molecule has 2 unspecified atom stereocenters. The van der Waals surface area contributed by atoms with Gasteiger partial charge >= 0.3 is 5.97 Å². The van der Waals surface area contributed by atoms with Crippen molar-refractivity contribution in [3.63, 3.8) is 0 Å². The number of esters is 1. The lowest BCUT2D eigenvalue weighted by molar-refractivity contribution is -0.154. The molecule has 4 heteroatoms. The summed E-state index contributed by atoms with van der Waals surface area (Å²) in [5.41, 5.74) is 0. The molecule has 0 spiro atoms. The molecule has 2 atom stereocenters. The first-order valence-corrected chi connectivity index (χ1v) is 6.40. The van der Waals surface area contributed by atoms with E-state index in [1.54, 1.807) is 6.92 Å². The third-order valence-electron chi connectivity index (χ3n) is 2.41. The van der Waals surface area contributed by atoms with Crippen molar-refractivity contribution in [1.82, 2.24) is 0 Å². The van der Waals surface area contributed by atoms with Gasteiger partial charge in [-0.25, -0.2) is 8.78 Å². The van der Waals surface area contributed by atoms with Crippen LogP contribution in [0.3, 0.4) is 0 Å². The van der Waals surface area contributed by atoms with Crippen LogP contribution in [0.25, 0.3) is 0 Å². The number of carbonyl (C=O) groups excluding carboxylic acids is 1. The molecule has 104 valence electrons. The summed E-state index contributed by atoms with van der Waals surface area (Å²) < 4.78 is 30.4. The van der Waals surface area contributed by atoms with Crippen molar-refractivity contribution in [3.05, 3.63) is 0 Å². The highest BCUT2D eigenvalue weighted by Gasteiger charge is 2.42. The summed E-state index contributed by atoms with van der Waals surface area (Å²) in [6, 6.07) is 0. The van der Waals surface area contributed by atoms with E-state index < -0.39 is 17.8 Å². The van der Waals surface area contributed by atoms with Crippen molar-refractivity contribution in [3.8, 4) is 0 Å². The van der Waals surface area contributed by atoms with Crippen molar-refractivity contribution < 1.29 is 18.3 Å². The van der Waals surface area contributed by atoms with Crippen LogP contribution in [0.1, 0.15) is 53.9 Å². The first-order valence-electron chi connectivity index (χ1n) is 6.40. The van der Waals surface area contributed by atoms with Crippen LogP contribution >= 0.6 is 0 Å². The topological polar surface area (TPSA) is 26.3 Å². The molecule has 0 bridgehead atoms. The standard InChI is InChI=1S/C9H14F2O2.2C2H6/c1-6-3-7(8(12)13-2)5-9(10,11)4-6;2*1-2/h6-7H,3-5H2,1-2H3;2*1-2H3. The molecule has 2 nitrogen and oxygen atoms in total. The summed E-state index contributed by atoms with van der Waals surface area (Å²) in [6.45, 7) is 9.74. The molecule has 0 saturated heterocycles. The molecule has 0 amide bonds. The number of rotatable bonds is 1. The van der Waals surface area contributed by atoms with E-state index in [4.69, 9.17) is 0 Å². The summed E-state index contributed by atoms with van der Waals surface area (Å²) in [5, 5.41) is 0. The van der Waals surface area contributed by atoms with Crippen LogP contribution < -0.4 is 0 Å². The molecule has 1 aliphatic rings. The Labute approximate surface area is 104 Å². The van der Waals surface area contributed by atoms with Crippen molar-refractivity contribution in [2.45, 2.75) is 59.8 Å². The second kappa shape index (κ2) is 9.37. The highest BCUT2D eigenvalue weighted by molar-refractivity contribution is 5.72. The van der Waals surface area contributed by atoms with E-state index in [1.165, 1.54) is 7.11 Å². The Morgan fingerprint density at radius 3 is 2.00 bits per heavy atom. The first-order chi connectivity index (χ1) is 7.94. The van der Waals surface area contributed by atoms with Crippen LogP contribution in [-0.2, 0) is 9.53 Å². The number of alkyl halides is 2. The van der Waals surface area contributed by atoms with Gasteiger partial charge in [-0.1, -0.05) is 34.6 Å². The summed E-state index contributed by atoms with van der Waals surface area (Å²) in [6.07, 6.45) is 0.0484. The normalized spacial score (nSPS) is 25.6. The van der Waals surface area contributed by atoms with Gasteiger partial charge in [0.2, 0.25) is 5.92 Å². The monoisotopic (exact) mass is 252 g/mol. The Bertz CT molecular complexity index is 206. The predicted molar refractivity (Wildman–Crippen MR) is 66.2 cm³/mol. The molecule has 0 heterocycles. The third kappa shape index (κ3) is 7.29. The average Bonchev–Trinajstić information content (AvgIpc) is 2.30. The predicted octanol–water partition coefficient (Wildman–Crippen LogP) is 4.28. The smallest absolute Gasteiger partial charge is 0.308 e. The van der Waals surface area contributed by atoms with Gasteiger partial charge in [-0.15, -0.1) is 0 Å². The molecule has 0 aromatic heterocycles. The molecule has 0 aromatic rings. The highest BCUT2D eigenvalue weighted by Crippen LogP contribution is 2.40. The minimum Gasteiger partial charge on any atom is -0.469 e. The van der Waals surface area contributed by atoms with Crippen molar-refractivity contribution in [2.24, 2.45) is 11.8 Å². The van der Waals surface area contributed by atoms with Crippen LogP contribution in [0.2, 0.25) is 0 Å². The lowest BCUT2D eigenvalue weighted by atomic mass is 9.80. The zero-order chi connectivity index (χ0) is 14.1. The average molecular weight is 252 g/mol. The van der Waals surface area contributed by atoms with Gasteiger partial charge < -0.3 is 4.74 Å². The molecule has 0 aromatic carbocycles. The Morgan fingerprint density at radius 2 is 1.65 bits per heavy atom. The summed E-state index contributed by atoms with van der Waals surface area (Å²) in [5.74, 6) is -3.93. The maximum absolute atomic E-state index is 13.0. The van der Waals surface area contributed by atoms with Crippen molar-refractivity contribution in [1.29, 1.82) is 0 Å². The van der Waals surface area contributed by atoms with E-state index in [0.29, 0.717) is 6.42 Å². The number of ether oxygens (including phenoxy) is 1. The molecule has 0 radical (unpaired) electrons. The lowest BCUT2D eigenvalue weighted by Crippen LogP contribution is -2.34. The SMILES string of the molecule is CC.CC.COC(=O)C1CC(C)CC(F)(F)C1. The van der Waals surface area contributed by atoms with Gasteiger partial charge in [0.1, 0.15) is 0 Å². The number of carbonyl (C=O) groups is 1. The van der Waals surface area contributed by atoms with Crippen LogP contribution in [0, 0.1) is 11.8 Å². The molecule has 17 heavy (non-hydrogen) atoms. The van der Waals surface area contributed by atoms with Crippen LogP contribution in [0.4, 0.5) is 8.78 Å². The molecule has 0 N–H and O–H groups in total. The van der Waals surface area contributed by atoms with Crippen LogP contribution in [0.5, 0.6) is 0 Å². The third-order valence-corrected chi connectivity index (χ3v) is 2.41. The molecule has 0 aliphatic heterocycles. The number of hydrogen-bond donors (Lipinski definition) is 0. The fourth-order valence-corrected chi connectivity index (χ4v) is 1.95. The quantitative estimate of drug-likeness (QED) is 0.651. The van der Waals surface area contributed by atoms with Crippen LogP contribution in [0.15, 0.2) is 0 Å². The Balaban J connectivity index is 0. The fourth-order valence-electron chi connectivity index (χ4n) is 1.95. The number of methoxy groups -OCH3 is 1. The number of halogens is 2. The zero-order valence-corrected chi connectivity index (χ0v) is 11.8. The van der Waals surface area contributed by atoms with E-state index in [0.717, 1.165) is 0 Å². The first kappa shape index (κ1) is 18.7. The molecule has 1 saturated carbocycles. The molecular weight excluding hydrogens is 226 g/mol. The molecule has 1 rings (SSSR count). The van der Waals surface area contributed by atoms with Crippen LogP contribution in [-0.4, -0.2) is 19.0 Å². The number of hydrogen-bond acceptors (Lipinski definition) is 2. The summed E-state index contributed by atoms with van der Waals surface area (Å²) in [7, 11) is 1.24. The van der Waals surface area contributed by atoms with Crippen molar-refractivity contribution in [2.75, 3.05) is 7.11 Å². The molecule has 1 aliphatic carbocycles. The summed E-state index contributed by atoms with van der Waals surface area (Å²) in [4.78, 5) is 11.0. The minimum absolute atomic E-state index is 0.104. The van der Waals surface area contributed by atoms with Gasteiger partial charge in [-0.3, -0.25) is 4.79 Å². The van der Waals surface area contributed by atoms with Crippen molar-refractivity contribution >= 4 is 5.97 Å². The zero-order valence-electron chi connectivity index (χ0n) is 11.8. The minimum atomic E-state index is -2.70. The van der Waals surface area contributed by atoms with E-state index in [2.05, 4.69) is 4.74 Å². The Kier molecular flexibility index (Phi) is 10.3. The lowest BCUT2D eigenvalue weighted by Gasteiger charge is -2.31. The second-order valence-corrected chi connectivity index (χ2v) is 3.83.